The van der Waals surface area contributed by atoms with E-state index in [9.17, 15) is 4.79 Å². The Labute approximate surface area is 158 Å². The van der Waals surface area contributed by atoms with Gasteiger partial charge in [0, 0.05) is 13.0 Å². The number of carbonyl (C=O) groups is 1. The minimum Gasteiger partial charge on any atom is -0.356 e. The SMILES string of the molecule is CCCCCCCCCCCCCC(=O)NCCCCCCCCC. The lowest BCUT2D eigenvalue weighted by atomic mass is 10.1. The molecule has 0 aliphatic heterocycles. The van der Waals surface area contributed by atoms with Crippen molar-refractivity contribution >= 4 is 5.91 Å². The highest BCUT2D eigenvalue weighted by molar-refractivity contribution is 5.75. The van der Waals surface area contributed by atoms with Crippen molar-refractivity contribution < 1.29 is 4.79 Å². The first-order valence-corrected chi connectivity index (χ1v) is 11.6. The fourth-order valence-electron chi connectivity index (χ4n) is 3.35. The number of rotatable bonds is 20. The standard InChI is InChI=1S/C23H47NO/c1-3-5-7-9-11-12-13-14-15-17-19-21-23(25)24-22-20-18-16-10-8-6-4-2/h3-22H2,1-2H3,(H,24,25). The Morgan fingerprint density at radius 1 is 0.520 bits per heavy atom. The smallest absolute Gasteiger partial charge is 0.219 e. The summed E-state index contributed by atoms with van der Waals surface area (Å²) in [5.74, 6) is 0.266. The lowest BCUT2D eigenvalue weighted by Crippen LogP contribution is -2.23. The average Bonchev–Trinajstić information content (AvgIpc) is 2.62. The highest BCUT2D eigenvalue weighted by atomic mass is 16.1. The van der Waals surface area contributed by atoms with Gasteiger partial charge in [0.2, 0.25) is 5.91 Å². The van der Waals surface area contributed by atoms with Crippen molar-refractivity contribution in [1.29, 1.82) is 0 Å². The molecule has 0 saturated heterocycles. The van der Waals surface area contributed by atoms with Gasteiger partial charge in [0.15, 0.2) is 0 Å². The molecule has 1 N–H and O–H groups in total. The third-order valence-corrected chi connectivity index (χ3v) is 5.11. The zero-order chi connectivity index (χ0) is 18.4. The van der Waals surface area contributed by atoms with Gasteiger partial charge in [0.25, 0.3) is 0 Å². The van der Waals surface area contributed by atoms with Gasteiger partial charge in [-0.15, -0.1) is 0 Å². The maximum atomic E-state index is 11.8. The van der Waals surface area contributed by atoms with Crippen LogP contribution in [0.15, 0.2) is 0 Å². The van der Waals surface area contributed by atoms with E-state index in [1.165, 1.54) is 103 Å². The van der Waals surface area contributed by atoms with E-state index < -0.39 is 0 Å². The van der Waals surface area contributed by atoms with Gasteiger partial charge in [-0.05, 0) is 12.8 Å². The normalized spacial score (nSPS) is 11.0. The molecule has 2 nitrogen and oxygen atoms in total. The number of carbonyl (C=O) groups excluding carboxylic acids is 1. The van der Waals surface area contributed by atoms with Crippen LogP contribution in [0.5, 0.6) is 0 Å². The Morgan fingerprint density at radius 2 is 0.880 bits per heavy atom. The van der Waals surface area contributed by atoms with Gasteiger partial charge in [-0.3, -0.25) is 4.79 Å². The van der Waals surface area contributed by atoms with Crippen molar-refractivity contribution in [2.24, 2.45) is 0 Å². The molecule has 0 aromatic heterocycles. The Balaban J connectivity index is 3.13. The summed E-state index contributed by atoms with van der Waals surface area (Å²) in [6.45, 7) is 5.41. The van der Waals surface area contributed by atoms with E-state index in [0.717, 1.165) is 25.8 Å². The second kappa shape index (κ2) is 21.5. The third-order valence-electron chi connectivity index (χ3n) is 5.11. The van der Waals surface area contributed by atoms with Crippen molar-refractivity contribution in [2.45, 2.75) is 136 Å². The molecule has 0 fully saturated rings. The molecule has 1 amide bonds. The van der Waals surface area contributed by atoms with E-state index in [2.05, 4.69) is 19.2 Å². The molecule has 0 saturated carbocycles. The summed E-state index contributed by atoms with van der Waals surface area (Å²) in [6.07, 6.45) is 24.6. The van der Waals surface area contributed by atoms with Gasteiger partial charge >= 0.3 is 0 Å². The second-order valence-electron chi connectivity index (χ2n) is 7.76. The molecule has 0 aliphatic rings. The van der Waals surface area contributed by atoms with E-state index in [1.807, 2.05) is 0 Å². The number of amides is 1. The summed E-state index contributed by atoms with van der Waals surface area (Å²) in [7, 11) is 0. The van der Waals surface area contributed by atoms with Crippen LogP contribution in [0.3, 0.4) is 0 Å². The first-order valence-electron chi connectivity index (χ1n) is 11.6. The second-order valence-corrected chi connectivity index (χ2v) is 7.76. The van der Waals surface area contributed by atoms with Crippen LogP contribution >= 0.6 is 0 Å². The van der Waals surface area contributed by atoms with Crippen molar-refractivity contribution in [1.82, 2.24) is 5.32 Å². The summed E-state index contributed by atoms with van der Waals surface area (Å²) in [4.78, 5) is 11.8. The molecule has 0 aromatic rings. The summed E-state index contributed by atoms with van der Waals surface area (Å²) in [6, 6.07) is 0. The highest BCUT2D eigenvalue weighted by Crippen LogP contribution is 2.12. The minimum atomic E-state index is 0.266. The summed E-state index contributed by atoms with van der Waals surface area (Å²) >= 11 is 0. The molecule has 0 heterocycles. The van der Waals surface area contributed by atoms with Crippen molar-refractivity contribution in [3.63, 3.8) is 0 Å². The van der Waals surface area contributed by atoms with E-state index in [0.29, 0.717) is 0 Å². The van der Waals surface area contributed by atoms with E-state index in [-0.39, 0.29) is 5.91 Å². The topological polar surface area (TPSA) is 29.1 Å². The maximum Gasteiger partial charge on any atom is 0.219 e. The number of nitrogens with one attached hydrogen (secondary N) is 1. The Hall–Kier alpha value is -0.530. The molecule has 0 aromatic carbocycles. The number of hydrogen-bond acceptors (Lipinski definition) is 1. The molecule has 2 heteroatoms. The number of hydrogen-bond donors (Lipinski definition) is 1. The summed E-state index contributed by atoms with van der Waals surface area (Å²) < 4.78 is 0. The predicted molar refractivity (Wildman–Crippen MR) is 112 cm³/mol. The fourth-order valence-corrected chi connectivity index (χ4v) is 3.35. The van der Waals surface area contributed by atoms with Gasteiger partial charge in [0.05, 0.1) is 0 Å². The lowest BCUT2D eigenvalue weighted by Gasteiger charge is -2.06. The van der Waals surface area contributed by atoms with Crippen LogP contribution in [-0.2, 0) is 4.79 Å². The Morgan fingerprint density at radius 3 is 1.32 bits per heavy atom. The molecule has 25 heavy (non-hydrogen) atoms. The van der Waals surface area contributed by atoms with E-state index in [4.69, 9.17) is 0 Å². The van der Waals surface area contributed by atoms with Crippen molar-refractivity contribution in [3.05, 3.63) is 0 Å². The van der Waals surface area contributed by atoms with Gasteiger partial charge in [0.1, 0.15) is 0 Å². The van der Waals surface area contributed by atoms with Crippen LogP contribution in [0.2, 0.25) is 0 Å². The first kappa shape index (κ1) is 24.5. The van der Waals surface area contributed by atoms with Crippen LogP contribution < -0.4 is 5.32 Å². The molecule has 0 bridgehead atoms. The molecule has 0 aliphatic carbocycles. The summed E-state index contributed by atoms with van der Waals surface area (Å²) in [5, 5.41) is 3.08. The zero-order valence-corrected chi connectivity index (χ0v) is 17.6. The Kier molecular flexibility index (Phi) is 21.1. The quantitative estimate of drug-likeness (QED) is 0.225. The average molecular weight is 354 g/mol. The van der Waals surface area contributed by atoms with Gasteiger partial charge < -0.3 is 5.32 Å². The van der Waals surface area contributed by atoms with Crippen LogP contribution in [-0.4, -0.2) is 12.5 Å². The molecular weight excluding hydrogens is 306 g/mol. The minimum absolute atomic E-state index is 0.266. The number of unbranched alkanes of at least 4 members (excludes halogenated alkanes) is 16. The van der Waals surface area contributed by atoms with Gasteiger partial charge in [-0.1, -0.05) is 117 Å². The van der Waals surface area contributed by atoms with Crippen LogP contribution in [0.1, 0.15) is 136 Å². The van der Waals surface area contributed by atoms with Crippen molar-refractivity contribution in [3.8, 4) is 0 Å². The van der Waals surface area contributed by atoms with E-state index >= 15 is 0 Å². The van der Waals surface area contributed by atoms with Crippen LogP contribution in [0.4, 0.5) is 0 Å². The first-order chi connectivity index (χ1) is 12.3. The maximum absolute atomic E-state index is 11.8. The molecule has 0 rings (SSSR count). The largest absolute Gasteiger partial charge is 0.356 e. The Bertz CT molecular complexity index is 265. The van der Waals surface area contributed by atoms with E-state index in [1.54, 1.807) is 0 Å². The van der Waals surface area contributed by atoms with Crippen LogP contribution in [0, 0.1) is 0 Å². The third kappa shape index (κ3) is 21.4. The molecule has 0 spiro atoms. The molecular formula is C23H47NO. The fraction of sp³-hybridized carbons (Fsp3) is 0.957. The highest BCUT2D eigenvalue weighted by Gasteiger charge is 2.00. The molecule has 0 unspecified atom stereocenters. The molecule has 0 atom stereocenters. The summed E-state index contributed by atoms with van der Waals surface area (Å²) in [5.41, 5.74) is 0. The van der Waals surface area contributed by atoms with Crippen molar-refractivity contribution in [2.75, 3.05) is 6.54 Å². The molecule has 150 valence electrons. The van der Waals surface area contributed by atoms with Gasteiger partial charge in [-0.2, -0.15) is 0 Å². The lowest BCUT2D eigenvalue weighted by molar-refractivity contribution is -0.121. The van der Waals surface area contributed by atoms with Gasteiger partial charge in [-0.25, -0.2) is 0 Å². The monoisotopic (exact) mass is 353 g/mol. The van der Waals surface area contributed by atoms with Crippen LogP contribution in [0.25, 0.3) is 0 Å². The molecule has 0 radical (unpaired) electrons. The predicted octanol–water partition coefficient (Wildman–Crippen LogP) is 7.55. The zero-order valence-electron chi connectivity index (χ0n) is 17.6.